The summed E-state index contributed by atoms with van der Waals surface area (Å²) in [4.78, 5) is 13.4. The highest BCUT2D eigenvalue weighted by atomic mass is 79.9. The number of benzene rings is 1. The Kier molecular flexibility index (Phi) is 8.49. The summed E-state index contributed by atoms with van der Waals surface area (Å²) in [5, 5.41) is 11.3. The van der Waals surface area contributed by atoms with Crippen molar-refractivity contribution >= 4 is 33.4 Å². The number of terminal acetylenes is 1. The molecule has 0 saturated carbocycles. The molecule has 1 aliphatic rings. The number of hydrogen-bond donors (Lipinski definition) is 2. The highest BCUT2D eigenvalue weighted by molar-refractivity contribution is 9.10. The minimum absolute atomic E-state index is 0.112. The highest BCUT2D eigenvalue weighted by Crippen LogP contribution is 2.40. The maximum Gasteiger partial charge on any atom is 0.243 e. The molecule has 0 aliphatic carbocycles. The normalized spacial score (nSPS) is 19.2. The lowest BCUT2D eigenvalue weighted by Gasteiger charge is -2.33. The van der Waals surface area contributed by atoms with Crippen LogP contribution in [0.1, 0.15) is 50.4 Å². The second kappa shape index (κ2) is 11.3. The van der Waals surface area contributed by atoms with Gasteiger partial charge in [0.15, 0.2) is 0 Å². The average molecular weight is 519 g/mol. The number of carbonyl (C=O) groups is 1. The van der Waals surface area contributed by atoms with Crippen LogP contribution in [-0.4, -0.2) is 28.3 Å². The van der Waals surface area contributed by atoms with Crippen molar-refractivity contribution in [3.63, 3.8) is 0 Å². The second-order valence-electron chi connectivity index (χ2n) is 8.32. The molecule has 0 fully saturated rings. The van der Waals surface area contributed by atoms with Crippen molar-refractivity contribution in [1.82, 2.24) is 15.1 Å². The SMILES string of the molecule is C#C/C(=C\C(C)=C/C)CN[C@@H]1C(=O)Nc2c(c(C)nn2/C(C)=C/C=C\C)[C@@H]1c1ccc(Br)cc1. The minimum atomic E-state index is -0.507. The molecule has 2 atom stereocenters. The lowest BCUT2D eigenvalue weighted by atomic mass is 9.82. The Hall–Kier alpha value is -3.14. The predicted molar refractivity (Wildman–Crippen MR) is 144 cm³/mol. The Morgan fingerprint density at radius 2 is 2.00 bits per heavy atom. The van der Waals surface area contributed by atoms with Gasteiger partial charge in [-0.2, -0.15) is 5.10 Å². The second-order valence-corrected chi connectivity index (χ2v) is 9.23. The number of fused-ring (bicyclic) bond motifs is 1. The highest BCUT2D eigenvalue weighted by Gasteiger charge is 2.40. The van der Waals surface area contributed by atoms with Crippen molar-refractivity contribution in [2.24, 2.45) is 0 Å². The van der Waals surface area contributed by atoms with E-state index in [4.69, 9.17) is 11.5 Å². The van der Waals surface area contributed by atoms with Crippen molar-refractivity contribution in [3.8, 4) is 12.3 Å². The molecule has 0 bridgehead atoms. The van der Waals surface area contributed by atoms with Crippen LogP contribution in [0.3, 0.4) is 0 Å². The Labute approximate surface area is 210 Å². The maximum atomic E-state index is 13.4. The summed E-state index contributed by atoms with van der Waals surface area (Å²) < 4.78 is 2.80. The van der Waals surface area contributed by atoms with Gasteiger partial charge in [-0.15, -0.1) is 6.42 Å². The molecule has 34 heavy (non-hydrogen) atoms. The maximum absolute atomic E-state index is 13.4. The molecule has 2 aromatic rings. The smallest absolute Gasteiger partial charge is 0.243 e. The molecule has 6 heteroatoms. The van der Waals surface area contributed by atoms with Crippen LogP contribution in [-0.2, 0) is 4.79 Å². The van der Waals surface area contributed by atoms with Gasteiger partial charge in [0, 0.05) is 33.8 Å². The first-order chi connectivity index (χ1) is 16.3. The fraction of sp³-hybridized carbons (Fsp3) is 0.286. The Morgan fingerprint density at radius 3 is 2.62 bits per heavy atom. The number of aromatic nitrogens is 2. The number of anilines is 1. The van der Waals surface area contributed by atoms with Gasteiger partial charge in [0.2, 0.25) is 5.91 Å². The minimum Gasteiger partial charge on any atom is -0.309 e. The van der Waals surface area contributed by atoms with Gasteiger partial charge in [0.1, 0.15) is 5.82 Å². The van der Waals surface area contributed by atoms with E-state index in [1.54, 1.807) is 0 Å². The monoisotopic (exact) mass is 518 g/mol. The van der Waals surface area contributed by atoms with Crippen LogP contribution in [0.5, 0.6) is 0 Å². The number of hydrogen-bond acceptors (Lipinski definition) is 3. The molecule has 2 heterocycles. The van der Waals surface area contributed by atoms with E-state index in [-0.39, 0.29) is 11.8 Å². The zero-order valence-corrected chi connectivity index (χ0v) is 21.9. The van der Waals surface area contributed by atoms with Crippen LogP contribution in [0.25, 0.3) is 5.70 Å². The standard InChI is InChI=1S/C28H31BrN4O/c1-7-10-11-19(5)33-27-24(20(6)32-33)25(22-12-14-23(29)15-13-22)26(28(34)31-27)30-17-21(9-3)16-18(4)8-2/h3,7-8,10-16,25-26,30H,17H2,1-2,4-6H3,(H,31,34)/b10-7-,18-8-,19-11+,21-16+/t25-,26-/m0/s1. The average Bonchev–Trinajstić information content (AvgIpc) is 3.16. The van der Waals surface area contributed by atoms with Crippen molar-refractivity contribution in [1.29, 1.82) is 0 Å². The lowest BCUT2D eigenvalue weighted by molar-refractivity contribution is -0.118. The number of rotatable bonds is 7. The number of halogens is 1. The van der Waals surface area contributed by atoms with Crippen molar-refractivity contribution in [3.05, 3.63) is 87.1 Å². The number of allylic oxidation sites excluding steroid dienone is 7. The molecule has 176 valence electrons. The van der Waals surface area contributed by atoms with Crippen LogP contribution < -0.4 is 10.6 Å². The van der Waals surface area contributed by atoms with E-state index < -0.39 is 6.04 Å². The summed E-state index contributed by atoms with van der Waals surface area (Å²) in [6, 6.07) is 7.59. The number of carbonyl (C=O) groups excluding carboxylic acids is 1. The first-order valence-electron chi connectivity index (χ1n) is 11.3. The predicted octanol–water partition coefficient (Wildman–Crippen LogP) is 5.96. The zero-order chi connectivity index (χ0) is 24.8. The molecule has 1 amide bonds. The van der Waals surface area contributed by atoms with E-state index in [9.17, 15) is 4.79 Å². The fourth-order valence-corrected chi connectivity index (χ4v) is 4.33. The van der Waals surface area contributed by atoms with E-state index in [0.717, 1.165) is 38.1 Å². The molecule has 1 aromatic carbocycles. The third-order valence-corrected chi connectivity index (χ3v) is 6.45. The first kappa shape index (κ1) is 25.5. The van der Waals surface area contributed by atoms with Gasteiger partial charge < -0.3 is 10.6 Å². The molecule has 1 aromatic heterocycles. The largest absolute Gasteiger partial charge is 0.309 e. The van der Waals surface area contributed by atoms with Gasteiger partial charge in [0.25, 0.3) is 0 Å². The van der Waals surface area contributed by atoms with E-state index >= 15 is 0 Å². The summed E-state index contributed by atoms with van der Waals surface area (Å²) in [5.74, 6) is 3.12. The Bertz CT molecular complexity index is 1220. The van der Waals surface area contributed by atoms with Crippen molar-refractivity contribution < 1.29 is 4.79 Å². The fourth-order valence-electron chi connectivity index (χ4n) is 4.07. The molecule has 2 N–H and O–H groups in total. The van der Waals surface area contributed by atoms with E-state index in [1.165, 1.54) is 0 Å². The van der Waals surface area contributed by atoms with E-state index in [2.05, 4.69) is 32.5 Å². The third-order valence-electron chi connectivity index (χ3n) is 5.92. The molecule has 0 saturated heterocycles. The Balaban J connectivity index is 2.09. The van der Waals surface area contributed by atoms with Gasteiger partial charge in [0.05, 0.1) is 11.7 Å². The third kappa shape index (κ3) is 5.49. The summed E-state index contributed by atoms with van der Waals surface area (Å²) in [6.07, 6.45) is 15.6. The van der Waals surface area contributed by atoms with Crippen LogP contribution in [0, 0.1) is 19.3 Å². The number of nitrogens with one attached hydrogen (secondary N) is 2. The molecule has 0 spiro atoms. The molecular weight excluding hydrogens is 488 g/mol. The molecule has 0 radical (unpaired) electrons. The van der Waals surface area contributed by atoms with Gasteiger partial charge in [-0.25, -0.2) is 4.68 Å². The number of amides is 1. The first-order valence-corrected chi connectivity index (χ1v) is 12.1. The van der Waals surface area contributed by atoms with Gasteiger partial charge in [-0.3, -0.25) is 4.79 Å². The molecule has 0 unspecified atom stereocenters. The lowest BCUT2D eigenvalue weighted by Crippen LogP contribution is -2.49. The van der Waals surface area contributed by atoms with Crippen LogP contribution in [0.4, 0.5) is 5.82 Å². The van der Waals surface area contributed by atoms with Crippen molar-refractivity contribution in [2.45, 2.75) is 46.6 Å². The summed E-state index contributed by atoms with van der Waals surface area (Å²) in [6.45, 7) is 10.3. The summed E-state index contributed by atoms with van der Waals surface area (Å²) in [7, 11) is 0. The van der Waals surface area contributed by atoms with Crippen LogP contribution in [0.15, 0.2) is 70.3 Å². The van der Waals surface area contributed by atoms with Gasteiger partial charge in [-0.1, -0.05) is 57.8 Å². The van der Waals surface area contributed by atoms with Crippen molar-refractivity contribution in [2.75, 3.05) is 11.9 Å². The van der Waals surface area contributed by atoms with E-state index in [0.29, 0.717) is 12.4 Å². The quantitative estimate of drug-likeness (QED) is 0.351. The molecule has 3 rings (SSSR count). The van der Waals surface area contributed by atoms with E-state index in [1.807, 2.05) is 93.9 Å². The van der Waals surface area contributed by atoms with Gasteiger partial charge >= 0.3 is 0 Å². The number of nitrogens with zero attached hydrogens (tertiary/aromatic N) is 2. The number of aryl methyl sites for hydroxylation is 1. The van der Waals surface area contributed by atoms with Crippen LogP contribution in [0.2, 0.25) is 0 Å². The van der Waals surface area contributed by atoms with Crippen LogP contribution >= 0.6 is 15.9 Å². The Morgan fingerprint density at radius 1 is 1.29 bits per heavy atom. The molecule has 5 nitrogen and oxygen atoms in total. The molecular formula is C28H31BrN4O. The summed E-state index contributed by atoms with van der Waals surface area (Å²) >= 11 is 3.52. The zero-order valence-electron chi connectivity index (χ0n) is 20.3. The summed E-state index contributed by atoms with van der Waals surface area (Å²) in [5.41, 5.74) is 5.70. The molecule has 1 aliphatic heterocycles. The topological polar surface area (TPSA) is 59.0 Å². The van der Waals surface area contributed by atoms with Gasteiger partial charge in [-0.05, 0) is 64.5 Å².